The van der Waals surface area contributed by atoms with Gasteiger partial charge in [-0.25, -0.2) is 4.79 Å². The van der Waals surface area contributed by atoms with Gasteiger partial charge in [-0.2, -0.15) is 0 Å². The fourth-order valence-corrected chi connectivity index (χ4v) is 4.18. The zero-order valence-corrected chi connectivity index (χ0v) is 23.1. The molecule has 0 aliphatic carbocycles. The monoisotopic (exact) mass is 530 g/mol. The van der Waals surface area contributed by atoms with Gasteiger partial charge in [0.25, 0.3) is 5.91 Å². The third-order valence-electron chi connectivity index (χ3n) is 6.31. The molecule has 3 N–H and O–H groups in total. The van der Waals surface area contributed by atoms with Gasteiger partial charge in [-0.15, -0.1) is 0 Å². The van der Waals surface area contributed by atoms with E-state index < -0.39 is 11.9 Å². The summed E-state index contributed by atoms with van der Waals surface area (Å²) in [6.07, 6.45) is 1.67. The van der Waals surface area contributed by atoms with E-state index in [1.54, 1.807) is 60.7 Å². The van der Waals surface area contributed by atoms with E-state index in [9.17, 15) is 14.7 Å². The summed E-state index contributed by atoms with van der Waals surface area (Å²) in [7, 11) is 1.51. The second-order valence-corrected chi connectivity index (χ2v) is 8.83. The lowest BCUT2D eigenvalue weighted by Crippen LogP contribution is -2.43. The largest absolute Gasteiger partial charge is 0.505 e. The van der Waals surface area contributed by atoms with Crippen LogP contribution in [0.2, 0.25) is 0 Å². The molecule has 3 rings (SSSR count). The van der Waals surface area contributed by atoms with Crippen molar-refractivity contribution in [2.75, 3.05) is 41.9 Å². The van der Waals surface area contributed by atoms with Gasteiger partial charge < -0.3 is 25.4 Å². The average molecular weight is 531 g/mol. The first kappa shape index (κ1) is 29.1. The van der Waals surface area contributed by atoms with E-state index in [2.05, 4.69) is 29.4 Å². The number of carbonyl (C=O) groups is 2. The first-order valence-electron chi connectivity index (χ1n) is 13.3. The molecule has 0 atom stereocenters. The number of anilines is 3. The Morgan fingerprint density at radius 1 is 0.846 bits per heavy atom. The van der Waals surface area contributed by atoms with Gasteiger partial charge in [-0.3, -0.25) is 9.69 Å². The van der Waals surface area contributed by atoms with Crippen LogP contribution in [0.15, 0.2) is 84.6 Å². The van der Waals surface area contributed by atoms with E-state index in [-0.39, 0.29) is 11.5 Å². The van der Waals surface area contributed by atoms with Crippen LogP contribution < -0.4 is 25.2 Å². The summed E-state index contributed by atoms with van der Waals surface area (Å²) in [5.74, 6) is -0.548. The Morgan fingerprint density at radius 3 is 2.08 bits per heavy atom. The lowest BCUT2D eigenvalue weighted by atomic mass is 10.1. The maximum atomic E-state index is 13.9. The van der Waals surface area contributed by atoms with Crippen molar-refractivity contribution in [3.05, 3.63) is 90.1 Å². The molecular weight excluding hydrogens is 492 g/mol. The van der Waals surface area contributed by atoms with Crippen molar-refractivity contribution >= 4 is 34.8 Å². The normalized spacial score (nSPS) is 11.3. The van der Waals surface area contributed by atoms with Crippen LogP contribution in [0.1, 0.15) is 39.2 Å². The second kappa shape index (κ2) is 14.5. The van der Waals surface area contributed by atoms with Gasteiger partial charge >= 0.3 is 6.03 Å². The summed E-state index contributed by atoms with van der Waals surface area (Å²) < 4.78 is 5.40. The number of unbranched alkanes of at least 4 members (excludes halogenated alkanes) is 1. The van der Waals surface area contributed by atoms with Gasteiger partial charge in [0, 0.05) is 30.9 Å². The number of ether oxygens (including phenoxy) is 1. The maximum absolute atomic E-state index is 13.9. The number of hydrogen-bond donors (Lipinski definition) is 3. The number of carbonyl (C=O) groups excluding carboxylic acids is 2. The van der Waals surface area contributed by atoms with Crippen molar-refractivity contribution in [3.63, 3.8) is 0 Å². The summed E-state index contributed by atoms with van der Waals surface area (Å²) >= 11 is 0. The van der Waals surface area contributed by atoms with E-state index in [0.29, 0.717) is 29.2 Å². The fraction of sp³-hybridized carbons (Fsp3) is 0.290. The molecule has 206 valence electrons. The fourth-order valence-electron chi connectivity index (χ4n) is 4.18. The van der Waals surface area contributed by atoms with Gasteiger partial charge in [-0.1, -0.05) is 55.8 Å². The first-order chi connectivity index (χ1) is 18.9. The maximum Gasteiger partial charge on any atom is 0.326 e. The van der Waals surface area contributed by atoms with Gasteiger partial charge in [0.15, 0.2) is 11.5 Å². The Hall–Kier alpha value is -4.46. The molecule has 0 fully saturated rings. The van der Waals surface area contributed by atoms with E-state index in [4.69, 9.17) is 4.74 Å². The number of nitrogens with one attached hydrogen (secondary N) is 2. The van der Waals surface area contributed by atoms with Crippen LogP contribution in [0, 0.1) is 0 Å². The molecule has 39 heavy (non-hydrogen) atoms. The predicted molar refractivity (Wildman–Crippen MR) is 158 cm³/mol. The molecule has 0 aliphatic heterocycles. The molecule has 3 amide bonds. The first-order valence-corrected chi connectivity index (χ1v) is 13.3. The van der Waals surface area contributed by atoms with Gasteiger partial charge in [-0.05, 0) is 56.7 Å². The van der Waals surface area contributed by atoms with Crippen molar-refractivity contribution in [1.29, 1.82) is 0 Å². The molecule has 0 unspecified atom stereocenters. The number of hydrogen-bond acceptors (Lipinski definition) is 5. The molecule has 0 aromatic heterocycles. The standard InChI is InChI=1S/C31H38N4O4/c1-5-8-22-32-31(38)35(25-20-18-24(19-21-25)34(6-2)7-3)28(29(36)23-14-10-9-11-15-23)30(37)33-26-16-12-13-17-27(26)39-4/h9-21,36H,5-8,22H2,1-4H3,(H,32,38)(H,33,37)/b29-28-. The van der Waals surface area contributed by atoms with Gasteiger partial charge in [0.1, 0.15) is 5.75 Å². The predicted octanol–water partition coefficient (Wildman–Crippen LogP) is 6.42. The average Bonchev–Trinajstić information content (AvgIpc) is 2.97. The summed E-state index contributed by atoms with van der Waals surface area (Å²) in [5.41, 5.74) is 2.02. The van der Waals surface area contributed by atoms with Gasteiger partial charge in [0.05, 0.1) is 18.5 Å². The Bertz CT molecular complexity index is 1260. The number of amides is 3. The van der Waals surface area contributed by atoms with Gasteiger partial charge in [0.2, 0.25) is 0 Å². The highest BCUT2D eigenvalue weighted by Crippen LogP contribution is 2.30. The van der Waals surface area contributed by atoms with Crippen LogP contribution in [0.3, 0.4) is 0 Å². The molecule has 8 nitrogen and oxygen atoms in total. The summed E-state index contributed by atoms with van der Waals surface area (Å²) in [6.45, 7) is 8.27. The number of aliphatic hydroxyl groups is 1. The molecule has 3 aromatic rings. The number of rotatable bonds is 12. The van der Waals surface area contributed by atoms with E-state index in [1.807, 2.05) is 25.1 Å². The highest BCUT2D eigenvalue weighted by molar-refractivity contribution is 6.16. The Morgan fingerprint density at radius 2 is 1.46 bits per heavy atom. The van der Waals surface area contributed by atoms with Crippen LogP contribution in [-0.2, 0) is 4.79 Å². The second-order valence-electron chi connectivity index (χ2n) is 8.83. The molecule has 0 saturated heterocycles. The summed E-state index contributed by atoms with van der Waals surface area (Å²) in [5, 5.41) is 17.2. The van der Waals surface area contributed by atoms with Crippen LogP contribution in [-0.4, -0.2) is 43.8 Å². The molecule has 3 aromatic carbocycles. The zero-order chi connectivity index (χ0) is 28.2. The molecule has 0 bridgehead atoms. The zero-order valence-electron chi connectivity index (χ0n) is 23.1. The minimum atomic E-state index is -0.667. The van der Waals surface area contributed by atoms with E-state index in [1.165, 1.54) is 12.0 Å². The Balaban J connectivity index is 2.16. The van der Waals surface area contributed by atoms with Crippen LogP contribution in [0.5, 0.6) is 5.75 Å². The number of nitrogens with zero attached hydrogens (tertiary/aromatic N) is 2. The highest BCUT2D eigenvalue weighted by atomic mass is 16.5. The lowest BCUT2D eigenvalue weighted by molar-refractivity contribution is -0.112. The van der Waals surface area contributed by atoms with Crippen LogP contribution in [0.4, 0.5) is 21.9 Å². The van der Waals surface area contributed by atoms with Crippen molar-refractivity contribution in [1.82, 2.24) is 5.32 Å². The Labute approximate surface area is 230 Å². The highest BCUT2D eigenvalue weighted by Gasteiger charge is 2.30. The topological polar surface area (TPSA) is 94.1 Å². The SMILES string of the molecule is CCCCNC(=O)N(/C(C(=O)Nc1ccccc1OC)=C(\O)c1ccccc1)c1ccc(N(CC)CC)cc1. The molecular formula is C31H38N4O4. The summed E-state index contributed by atoms with van der Waals surface area (Å²) in [6, 6.07) is 22.5. The molecule has 0 aliphatic rings. The van der Waals surface area contributed by atoms with Crippen molar-refractivity contribution < 1.29 is 19.4 Å². The number of benzene rings is 3. The minimum Gasteiger partial charge on any atom is -0.505 e. The molecule has 0 radical (unpaired) electrons. The van der Waals surface area contributed by atoms with E-state index >= 15 is 0 Å². The molecule has 0 heterocycles. The van der Waals surface area contributed by atoms with Crippen molar-refractivity contribution in [2.24, 2.45) is 0 Å². The van der Waals surface area contributed by atoms with Crippen LogP contribution in [0.25, 0.3) is 5.76 Å². The molecule has 0 spiro atoms. The third-order valence-corrected chi connectivity index (χ3v) is 6.31. The van der Waals surface area contributed by atoms with Crippen LogP contribution >= 0.6 is 0 Å². The smallest absolute Gasteiger partial charge is 0.326 e. The van der Waals surface area contributed by atoms with Crippen molar-refractivity contribution in [2.45, 2.75) is 33.6 Å². The number of methoxy groups -OCH3 is 1. The number of para-hydroxylation sites is 2. The quantitative estimate of drug-likeness (QED) is 0.143. The molecule has 0 saturated carbocycles. The third kappa shape index (κ3) is 7.31. The number of urea groups is 1. The minimum absolute atomic E-state index is 0.211. The molecule has 8 heteroatoms. The number of aliphatic hydroxyl groups excluding tert-OH is 1. The van der Waals surface area contributed by atoms with Crippen molar-refractivity contribution in [3.8, 4) is 5.75 Å². The Kier molecular flexibility index (Phi) is 10.8. The summed E-state index contributed by atoms with van der Waals surface area (Å²) in [4.78, 5) is 31.0. The lowest BCUT2D eigenvalue weighted by Gasteiger charge is -2.27. The van der Waals surface area contributed by atoms with E-state index in [0.717, 1.165) is 31.6 Å².